The first-order valence-corrected chi connectivity index (χ1v) is 11.8. The molecule has 1 amide bonds. The van der Waals surface area contributed by atoms with Crippen molar-refractivity contribution in [3.05, 3.63) is 35.6 Å². The highest BCUT2D eigenvalue weighted by atomic mass is 19.1. The molecule has 2 N–H and O–H groups in total. The van der Waals surface area contributed by atoms with Crippen LogP contribution in [0.1, 0.15) is 57.4 Å². The number of carbonyl (C=O) groups excluding carboxylic acids is 1. The lowest BCUT2D eigenvalue weighted by atomic mass is 9.90. The molecule has 2 aromatic rings. The van der Waals surface area contributed by atoms with Crippen molar-refractivity contribution in [3.8, 4) is 17.3 Å². The number of rotatable bonds is 5. The lowest BCUT2D eigenvalue weighted by Gasteiger charge is -2.39. The zero-order valence-corrected chi connectivity index (χ0v) is 19.3. The van der Waals surface area contributed by atoms with E-state index in [-0.39, 0.29) is 23.4 Å². The molecule has 2 aliphatic rings. The normalized spacial score (nSPS) is 21.3. The summed E-state index contributed by atoms with van der Waals surface area (Å²) < 4.78 is 14.2. The fourth-order valence-corrected chi connectivity index (χ4v) is 4.81. The van der Waals surface area contributed by atoms with Crippen molar-refractivity contribution in [1.29, 1.82) is 5.26 Å². The lowest BCUT2D eigenvalue weighted by Crippen LogP contribution is -2.49. The van der Waals surface area contributed by atoms with Gasteiger partial charge in [0.2, 0.25) is 11.9 Å². The van der Waals surface area contributed by atoms with Crippen LogP contribution in [-0.2, 0) is 4.79 Å². The Morgan fingerprint density at radius 3 is 2.64 bits per heavy atom. The number of amides is 1. The Labute approximate surface area is 194 Å². The van der Waals surface area contributed by atoms with Crippen molar-refractivity contribution >= 4 is 17.7 Å². The second-order valence-corrected chi connectivity index (χ2v) is 9.11. The van der Waals surface area contributed by atoms with Gasteiger partial charge in [-0.1, -0.05) is 25.3 Å². The number of benzene rings is 1. The maximum atomic E-state index is 14.2. The molecule has 0 bridgehead atoms. The third-order valence-electron chi connectivity index (χ3n) is 6.82. The molecule has 0 spiro atoms. The summed E-state index contributed by atoms with van der Waals surface area (Å²) in [6, 6.07) is 8.66. The number of halogens is 1. The minimum Gasteiger partial charge on any atom is -0.357 e. The van der Waals surface area contributed by atoms with Crippen LogP contribution in [-0.4, -0.2) is 41.6 Å². The summed E-state index contributed by atoms with van der Waals surface area (Å²) in [6.07, 6.45) is 7.52. The summed E-state index contributed by atoms with van der Waals surface area (Å²) in [5, 5.41) is 15.3. The van der Waals surface area contributed by atoms with E-state index in [1.807, 2.05) is 12.1 Å². The van der Waals surface area contributed by atoms with Crippen LogP contribution in [0.5, 0.6) is 0 Å². The molecule has 1 aliphatic carbocycles. The summed E-state index contributed by atoms with van der Waals surface area (Å²) in [5.74, 6) is 0.597. The van der Waals surface area contributed by atoms with Gasteiger partial charge in [0.25, 0.3) is 0 Å². The Morgan fingerprint density at radius 2 is 1.94 bits per heavy atom. The predicted octanol–water partition coefficient (Wildman–Crippen LogP) is 4.25. The van der Waals surface area contributed by atoms with Crippen molar-refractivity contribution in [2.24, 2.45) is 5.92 Å². The summed E-state index contributed by atoms with van der Waals surface area (Å²) in [7, 11) is 1.74. The number of nitrogens with zero attached hydrogens (tertiary/aromatic N) is 4. The van der Waals surface area contributed by atoms with Crippen LogP contribution in [0.25, 0.3) is 11.3 Å². The van der Waals surface area contributed by atoms with Gasteiger partial charge in [0, 0.05) is 37.3 Å². The van der Waals surface area contributed by atoms with E-state index in [4.69, 9.17) is 5.26 Å². The van der Waals surface area contributed by atoms with Gasteiger partial charge < -0.3 is 15.5 Å². The van der Waals surface area contributed by atoms with E-state index in [0.29, 0.717) is 35.6 Å². The molecule has 2 atom stereocenters. The highest BCUT2D eigenvalue weighted by Crippen LogP contribution is 2.31. The molecule has 2 fully saturated rings. The first-order valence-electron chi connectivity index (χ1n) is 11.8. The molecule has 174 valence electrons. The quantitative estimate of drug-likeness (QED) is 0.707. The smallest absolute Gasteiger partial charge is 0.225 e. The van der Waals surface area contributed by atoms with E-state index < -0.39 is 5.82 Å². The van der Waals surface area contributed by atoms with Crippen LogP contribution in [0, 0.1) is 23.1 Å². The van der Waals surface area contributed by atoms with Gasteiger partial charge in [-0.05, 0) is 44.7 Å². The van der Waals surface area contributed by atoms with E-state index in [0.717, 1.165) is 25.7 Å². The molecule has 0 radical (unpaired) electrons. The van der Waals surface area contributed by atoms with E-state index in [9.17, 15) is 9.18 Å². The van der Waals surface area contributed by atoms with E-state index in [1.54, 1.807) is 13.1 Å². The highest BCUT2D eigenvalue weighted by Gasteiger charge is 2.32. The summed E-state index contributed by atoms with van der Waals surface area (Å²) in [5.41, 5.74) is 1.13. The van der Waals surface area contributed by atoms with Gasteiger partial charge >= 0.3 is 0 Å². The van der Waals surface area contributed by atoms with Gasteiger partial charge in [-0.15, -0.1) is 0 Å². The Hall–Kier alpha value is -3.21. The molecule has 1 aliphatic heterocycles. The van der Waals surface area contributed by atoms with E-state index in [1.165, 1.54) is 31.4 Å². The van der Waals surface area contributed by atoms with Crippen molar-refractivity contribution < 1.29 is 9.18 Å². The van der Waals surface area contributed by atoms with E-state index >= 15 is 0 Å². The number of hydrogen-bond acceptors (Lipinski definition) is 6. The number of nitriles is 1. The average Bonchev–Trinajstić information content (AvgIpc) is 2.84. The second-order valence-electron chi connectivity index (χ2n) is 9.11. The predicted molar refractivity (Wildman–Crippen MR) is 126 cm³/mol. The average molecular weight is 451 g/mol. The second kappa shape index (κ2) is 10.2. The lowest BCUT2D eigenvalue weighted by molar-refractivity contribution is -0.126. The number of hydrogen-bond donors (Lipinski definition) is 2. The molecule has 0 unspecified atom stereocenters. The van der Waals surface area contributed by atoms with Crippen LogP contribution < -0.4 is 15.5 Å². The van der Waals surface area contributed by atoms with Crippen LogP contribution in [0.15, 0.2) is 24.3 Å². The van der Waals surface area contributed by atoms with Gasteiger partial charge in [-0.25, -0.2) is 9.37 Å². The largest absolute Gasteiger partial charge is 0.357 e. The van der Waals surface area contributed by atoms with Crippen molar-refractivity contribution in [1.82, 2.24) is 15.3 Å². The van der Waals surface area contributed by atoms with Crippen LogP contribution >= 0.6 is 0 Å². The Bertz CT molecular complexity index is 1050. The van der Waals surface area contributed by atoms with Crippen LogP contribution in [0.2, 0.25) is 0 Å². The van der Waals surface area contributed by atoms with Crippen molar-refractivity contribution in [2.75, 3.05) is 23.8 Å². The Kier molecular flexibility index (Phi) is 7.07. The summed E-state index contributed by atoms with van der Waals surface area (Å²) in [6.45, 7) is 2.72. The fraction of sp³-hybridized carbons (Fsp3) is 0.520. The first kappa shape index (κ1) is 23.0. The maximum Gasteiger partial charge on any atom is 0.225 e. The third kappa shape index (κ3) is 5.24. The zero-order valence-electron chi connectivity index (χ0n) is 19.3. The van der Waals surface area contributed by atoms with Gasteiger partial charge in [0.15, 0.2) is 0 Å². The molecule has 1 saturated carbocycles. The Morgan fingerprint density at radius 1 is 1.15 bits per heavy atom. The van der Waals surface area contributed by atoms with E-state index in [2.05, 4.69) is 32.4 Å². The minimum atomic E-state index is -0.577. The maximum absolute atomic E-state index is 14.2. The van der Waals surface area contributed by atoms with Crippen LogP contribution in [0.4, 0.5) is 16.2 Å². The van der Waals surface area contributed by atoms with Gasteiger partial charge in [-0.2, -0.15) is 10.2 Å². The topological polar surface area (TPSA) is 93.9 Å². The Balaban J connectivity index is 1.57. The van der Waals surface area contributed by atoms with Crippen molar-refractivity contribution in [3.63, 3.8) is 0 Å². The van der Waals surface area contributed by atoms with Crippen LogP contribution in [0.3, 0.4) is 0 Å². The fourth-order valence-electron chi connectivity index (χ4n) is 4.81. The number of nitrogens with one attached hydrogen (secondary N) is 2. The molecule has 2 heterocycles. The SMILES string of the molecule is CNc1nc(-c2ccc(C#N)c(F)c2)cc(N2C[C@@H](C(=O)NC3CCCCC3)CC[C@H]2C)n1. The number of aromatic nitrogens is 2. The zero-order chi connectivity index (χ0) is 23.4. The molecule has 4 rings (SSSR count). The third-order valence-corrected chi connectivity index (χ3v) is 6.82. The minimum absolute atomic E-state index is 0.00153. The number of anilines is 2. The van der Waals surface area contributed by atoms with Crippen molar-refractivity contribution in [2.45, 2.75) is 64.0 Å². The van der Waals surface area contributed by atoms with Gasteiger partial charge in [-0.3, -0.25) is 4.79 Å². The molecular weight excluding hydrogens is 419 g/mol. The molecular formula is C25H31FN6O. The van der Waals surface area contributed by atoms with Gasteiger partial charge in [0.05, 0.1) is 17.2 Å². The molecule has 1 aromatic carbocycles. The van der Waals surface area contributed by atoms with Gasteiger partial charge in [0.1, 0.15) is 17.7 Å². The summed E-state index contributed by atoms with van der Waals surface area (Å²) >= 11 is 0. The standard InChI is InChI=1S/C25H31FN6O/c1-16-8-9-19(24(33)29-20-6-4-3-5-7-20)15-32(16)23-13-22(30-25(28-2)31-23)17-10-11-18(14-27)21(26)12-17/h10-13,16,19-20H,3-9,15H2,1-2H3,(H,29,33)(H,28,30,31)/t16-,19+/m1/s1. The molecule has 8 heteroatoms. The number of carbonyl (C=O) groups is 1. The number of piperidine rings is 1. The molecule has 1 aromatic heterocycles. The molecule has 33 heavy (non-hydrogen) atoms. The molecule has 7 nitrogen and oxygen atoms in total. The summed E-state index contributed by atoms with van der Waals surface area (Å²) in [4.78, 5) is 24.3. The highest BCUT2D eigenvalue weighted by molar-refractivity contribution is 5.80. The monoisotopic (exact) mass is 450 g/mol. The first-order chi connectivity index (χ1) is 16.0. The molecule has 1 saturated heterocycles.